The number of carbonyl (C=O) groups is 1. The van der Waals surface area contributed by atoms with Crippen LogP contribution in [0.1, 0.15) is 60.8 Å². The molecule has 0 rings (SSSR count). The highest BCUT2D eigenvalue weighted by Gasteiger charge is 2.30. The van der Waals surface area contributed by atoms with Gasteiger partial charge in [0.15, 0.2) is 5.96 Å². The molecule has 7 heteroatoms. The largest absolute Gasteiger partial charge is 0.444 e. The molecule has 0 bridgehead atoms. The standard InChI is InChI=1S/C15H32N4O2.HI/c1-7-10-17-12(16)18-11-15(8-2,9-3)19-13(20)21-14(4,5)6;/h7-11H2,1-6H3,(H,19,20)(H3,16,17,18);1H. The maximum absolute atomic E-state index is 12.0. The number of guanidine groups is 1. The van der Waals surface area contributed by atoms with Crippen molar-refractivity contribution >= 4 is 36.0 Å². The van der Waals surface area contributed by atoms with Gasteiger partial charge in [-0.05, 0) is 40.0 Å². The van der Waals surface area contributed by atoms with Crippen LogP contribution in [-0.2, 0) is 4.74 Å². The minimum absolute atomic E-state index is 0. The SMILES string of the molecule is CCCNC(N)=NCC(CC)(CC)NC(=O)OC(C)(C)C.I. The fraction of sp³-hybridized carbons (Fsp3) is 0.867. The first-order valence-electron chi connectivity index (χ1n) is 7.73. The highest BCUT2D eigenvalue weighted by atomic mass is 127. The van der Waals surface area contributed by atoms with Gasteiger partial charge in [0.2, 0.25) is 0 Å². The number of nitrogens with one attached hydrogen (secondary N) is 2. The molecule has 0 radical (unpaired) electrons. The molecule has 0 heterocycles. The molecule has 0 unspecified atom stereocenters. The third-order valence-corrected chi connectivity index (χ3v) is 3.23. The lowest BCUT2D eigenvalue weighted by Gasteiger charge is -2.32. The van der Waals surface area contributed by atoms with Crippen LogP contribution in [0.25, 0.3) is 0 Å². The molecule has 0 aliphatic heterocycles. The summed E-state index contributed by atoms with van der Waals surface area (Å²) in [5.74, 6) is 0.411. The highest BCUT2D eigenvalue weighted by Crippen LogP contribution is 2.17. The Kier molecular flexibility index (Phi) is 11.7. The first kappa shape index (κ1) is 23.5. The normalized spacial score (nSPS) is 12.4. The fourth-order valence-corrected chi connectivity index (χ4v) is 1.76. The van der Waals surface area contributed by atoms with Crippen LogP contribution >= 0.6 is 24.0 Å². The fourth-order valence-electron chi connectivity index (χ4n) is 1.76. The zero-order chi connectivity index (χ0) is 16.5. The number of aliphatic imine (C=N–C) groups is 1. The summed E-state index contributed by atoms with van der Waals surface area (Å²) in [6.45, 7) is 12.9. The van der Waals surface area contributed by atoms with E-state index in [4.69, 9.17) is 10.5 Å². The molecule has 4 N–H and O–H groups in total. The van der Waals surface area contributed by atoms with Crippen molar-refractivity contribution in [3.05, 3.63) is 0 Å². The summed E-state index contributed by atoms with van der Waals surface area (Å²) in [6.07, 6.45) is 2.08. The quantitative estimate of drug-likeness (QED) is 0.331. The van der Waals surface area contributed by atoms with Crippen LogP contribution in [0.15, 0.2) is 4.99 Å². The van der Waals surface area contributed by atoms with Crippen molar-refractivity contribution in [1.29, 1.82) is 0 Å². The van der Waals surface area contributed by atoms with Gasteiger partial charge in [-0.15, -0.1) is 24.0 Å². The van der Waals surface area contributed by atoms with Crippen LogP contribution in [-0.4, -0.2) is 36.3 Å². The lowest BCUT2D eigenvalue weighted by molar-refractivity contribution is 0.0452. The Morgan fingerprint density at radius 2 is 1.73 bits per heavy atom. The third kappa shape index (κ3) is 10.1. The van der Waals surface area contributed by atoms with E-state index in [-0.39, 0.29) is 24.0 Å². The summed E-state index contributed by atoms with van der Waals surface area (Å²) in [6, 6.07) is 0. The smallest absolute Gasteiger partial charge is 0.408 e. The van der Waals surface area contributed by atoms with Gasteiger partial charge in [-0.1, -0.05) is 20.8 Å². The van der Waals surface area contributed by atoms with Crippen LogP contribution in [0.5, 0.6) is 0 Å². The first-order valence-corrected chi connectivity index (χ1v) is 7.73. The molecule has 0 saturated heterocycles. The Labute approximate surface area is 152 Å². The van der Waals surface area contributed by atoms with E-state index in [0.717, 1.165) is 25.8 Å². The molecule has 0 saturated carbocycles. The van der Waals surface area contributed by atoms with Crippen LogP contribution in [0.3, 0.4) is 0 Å². The van der Waals surface area contributed by atoms with Crippen LogP contribution in [0.2, 0.25) is 0 Å². The molecular weight excluding hydrogens is 395 g/mol. The van der Waals surface area contributed by atoms with Crippen molar-refractivity contribution in [1.82, 2.24) is 10.6 Å². The maximum atomic E-state index is 12.0. The first-order chi connectivity index (χ1) is 9.68. The maximum Gasteiger partial charge on any atom is 0.408 e. The molecule has 0 spiro atoms. The summed E-state index contributed by atoms with van der Waals surface area (Å²) >= 11 is 0. The number of amides is 1. The summed E-state index contributed by atoms with van der Waals surface area (Å²) in [5, 5.41) is 5.97. The van der Waals surface area contributed by atoms with Gasteiger partial charge in [0.1, 0.15) is 5.60 Å². The van der Waals surface area contributed by atoms with E-state index in [1.165, 1.54) is 0 Å². The summed E-state index contributed by atoms with van der Waals surface area (Å²) in [5.41, 5.74) is 4.86. The number of rotatable bonds is 7. The molecule has 1 amide bonds. The van der Waals surface area contributed by atoms with E-state index in [0.29, 0.717) is 12.5 Å². The van der Waals surface area contributed by atoms with Gasteiger partial charge in [-0.2, -0.15) is 0 Å². The average Bonchev–Trinajstić information content (AvgIpc) is 2.39. The van der Waals surface area contributed by atoms with Gasteiger partial charge in [0.25, 0.3) is 0 Å². The van der Waals surface area contributed by atoms with E-state index in [9.17, 15) is 4.79 Å². The molecule has 22 heavy (non-hydrogen) atoms. The highest BCUT2D eigenvalue weighted by molar-refractivity contribution is 14.0. The second-order valence-electron chi connectivity index (χ2n) is 6.24. The van der Waals surface area contributed by atoms with Gasteiger partial charge >= 0.3 is 6.09 Å². The monoisotopic (exact) mass is 428 g/mol. The molecule has 0 atom stereocenters. The van der Waals surface area contributed by atoms with Crippen molar-refractivity contribution in [2.75, 3.05) is 13.1 Å². The summed E-state index contributed by atoms with van der Waals surface area (Å²) in [7, 11) is 0. The van der Waals surface area contributed by atoms with Gasteiger partial charge in [-0.3, -0.25) is 4.99 Å². The number of halogens is 1. The molecule has 0 fully saturated rings. The van der Waals surface area contributed by atoms with Crippen molar-refractivity contribution in [3.63, 3.8) is 0 Å². The number of nitrogens with two attached hydrogens (primary N) is 1. The van der Waals surface area contributed by atoms with Crippen LogP contribution < -0.4 is 16.4 Å². The molecule has 0 aromatic carbocycles. The van der Waals surface area contributed by atoms with Crippen molar-refractivity contribution in [3.8, 4) is 0 Å². The van der Waals surface area contributed by atoms with Crippen molar-refractivity contribution in [2.24, 2.45) is 10.7 Å². The minimum Gasteiger partial charge on any atom is -0.444 e. The lowest BCUT2D eigenvalue weighted by Crippen LogP contribution is -2.52. The third-order valence-electron chi connectivity index (χ3n) is 3.23. The molecule has 132 valence electrons. The Morgan fingerprint density at radius 1 is 1.18 bits per heavy atom. The molecule has 0 aromatic rings. The molecule has 0 aliphatic carbocycles. The van der Waals surface area contributed by atoms with Crippen molar-refractivity contribution < 1.29 is 9.53 Å². The number of nitrogens with zero attached hydrogens (tertiary/aromatic N) is 1. The minimum atomic E-state index is -0.512. The topological polar surface area (TPSA) is 88.7 Å². The molecular formula is C15H33IN4O2. The number of carbonyl (C=O) groups excluding carboxylic acids is 1. The predicted molar refractivity (Wildman–Crippen MR) is 103 cm³/mol. The van der Waals surface area contributed by atoms with E-state index in [2.05, 4.69) is 22.5 Å². The van der Waals surface area contributed by atoms with Gasteiger partial charge in [0.05, 0.1) is 12.1 Å². The van der Waals surface area contributed by atoms with Crippen LogP contribution in [0, 0.1) is 0 Å². The summed E-state index contributed by atoms with van der Waals surface area (Å²) < 4.78 is 5.32. The Hall–Kier alpha value is -0.730. The van der Waals surface area contributed by atoms with Gasteiger partial charge in [0, 0.05) is 6.54 Å². The van der Waals surface area contributed by atoms with E-state index in [1.807, 2.05) is 34.6 Å². The van der Waals surface area contributed by atoms with E-state index >= 15 is 0 Å². The average molecular weight is 428 g/mol. The number of hydrogen-bond donors (Lipinski definition) is 3. The zero-order valence-electron chi connectivity index (χ0n) is 14.8. The van der Waals surface area contributed by atoms with Crippen LogP contribution in [0.4, 0.5) is 4.79 Å². The number of alkyl carbamates (subject to hydrolysis) is 1. The zero-order valence-corrected chi connectivity index (χ0v) is 17.1. The van der Waals surface area contributed by atoms with E-state index in [1.54, 1.807) is 0 Å². The van der Waals surface area contributed by atoms with Gasteiger partial charge in [-0.25, -0.2) is 4.79 Å². The molecule has 0 aliphatic rings. The van der Waals surface area contributed by atoms with Crippen molar-refractivity contribution in [2.45, 2.75) is 71.9 Å². The molecule has 0 aromatic heterocycles. The molecule has 6 nitrogen and oxygen atoms in total. The summed E-state index contributed by atoms with van der Waals surface area (Å²) in [4.78, 5) is 16.3. The number of ether oxygens (including phenoxy) is 1. The Balaban J connectivity index is 0. The van der Waals surface area contributed by atoms with E-state index < -0.39 is 17.2 Å². The lowest BCUT2D eigenvalue weighted by atomic mass is 9.93. The van der Waals surface area contributed by atoms with Gasteiger partial charge < -0.3 is 21.1 Å². The number of hydrogen-bond acceptors (Lipinski definition) is 3. The Morgan fingerprint density at radius 3 is 2.14 bits per heavy atom. The predicted octanol–water partition coefficient (Wildman–Crippen LogP) is 3.00. The second kappa shape index (κ2) is 10.9. The second-order valence-corrected chi connectivity index (χ2v) is 6.24. The Bertz CT molecular complexity index is 350.